The molecule has 0 aliphatic carbocycles. The molecular formula is C12H13N3O3. The summed E-state index contributed by atoms with van der Waals surface area (Å²) in [4.78, 5) is 26.6. The van der Waals surface area contributed by atoms with E-state index in [0.29, 0.717) is 11.1 Å². The summed E-state index contributed by atoms with van der Waals surface area (Å²) in [5, 5.41) is 2.43. The van der Waals surface area contributed by atoms with Gasteiger partial charge >= 0.3 is 5.97 Å². The molecule has 0 aliphatic rings. The third kappa shape index (κ3) is 3.88. The van der Waals surface area contributed by atoms with E-state index in [2.05, 4.69) is 26.9 Å². The molecule has 0 saturated carbocycles. The van der Waals surface area contributed by atoms with E-state index in [1.807, 2.05) is 0 Å². The highest BCUT2D eigenvalue weighted by Crippen LogP contribution is 2.04. The second-order valence-electron chi connectivity index (χ2n) is 3.19. The van der Waals surface area contributed by atoms with E-state index in [9.17, 15) is 9.59 Å². The van der Waals surface area contributed by atoms with Crippen molar-refractivity contribution in [1.82, 2.24) is 10.3 Å². The summed E-state index contributed by atoms with van der Waals surface area (Å²) in [5.74, 6) is 4.45. The van der Waals surface area contributed by atoms with Crippen molar-refractivity contribution < 1.29 is 14.3 Å². The molecule has 6 heteroatoms. The maximum atomic E-state index is 11.8. The monoisotopic (exact) mass is 247 g/mol. The van der Waals surface area contributed by atoms with Gasteiger partial charge in [0, 0.05) is 12.4 Å². The van der Waals surface area contributed by atoms with Gasteiger partial charge in [-0.05, 0) is 6.07 Å². The molecule has 0 saturated heterocycles. The van der Waals surface area contributed by atoms with Crippen molar-refractivity contribution in [2.24, 2.45) is 5.73 Å². The van der Waals surface area contributed by atoms with Crippen LogP contribution in [0.1, 0.15) is 15.9 Å². The predicted molar refractivity (Wildman–Crippen MR) is 64.5 cm³/mol. The number of pyridine rings is 1. The number of hydrogen-bond acceptors (Lipinski definition) is 5. The summed E-state index contributed by atoms with van der Waals surface area (Å²) >= 11 is 0. The number of nitrogens with zero attached hydrogens (tertiary/aromatic N) is 1. The zero-order valence-electron chi connectivity index (χ0n) is 9.90. The van der Waals surface area contributed by atoms with E-state index in [-0.39, 0.29) is 13.1 Å². The average molecular weight is 247 g/mol. The van der Waals surface area contributed by atoms with Crippen LogP contribution in [0.2, 0.25) is 0 Å². The normalized spacial score (nSPS) is 9.00. The Labute approximate surface area is 105 Å². The van der Waals surface area contributed by atoms with Crippen LogP contribution in [0.5, 0.6) is 0 Å². The Morgan fingerprint density at radius 3 is 3.00 bits per heavy atom. The SMILES string of the molecule is COC(=O)CNC(=O)c1ccncc1C#CCN. The van der Waals surface area contributed by atoms with Crippen LogP contribution in [0.25, 0.3) is 0 Å². The smallest absolute Gasteiger partial charge is 0.325 e. The Balaban J connectivity index is 2.82. The van der Waals surface area contributed by atoms with E-state index in [1.165, 1.54) is 25.6 Å². The number of rotatable bonds is 3. The van der Waals surface area contributed by atoms with Crippen LogP contribution >= 0.6 is 0 Å². The number of aromatic nitrogens is 1. The van der Waals surface area contributed by atoms with Crippen molar-refractivity contribution in [3.05, 3.63) is 29.6 Å². The van der Waals surface area contributed by atoms with Crippen LogP contribution in [0.15, 0.2) is 18.5 Å². The van der Waals surface area contributed by atoms with Crippen molar-refractivity contribution in [3.8, 4) is 11.8 Å². The number of esters is 1. The van der Waals surface area contributed by atoms with Gasteiger partial charge in [-0.1, -0.05) is 11.8 Å². The van der Waals surface area contributed by atoms with Crippen molar-refractivity contribution >= 4 is 11.9 Å². The van der Waals surface area contributed by atoms with E-state index in [0.717, 1.165) is 0 Å². The topological polar surface area (TPSA) is 94.3 Å². The molecule has 18 heavy (non-hydrogen) atoms. The van der Waals surface area contributed by atoms with Crippen molar-refractivity contribution in [2.75, 3.05) is 20.2 Å². The first kappa shape index (κ1) is 13.7. The molecule has 1 rings (SSSR count). The third-order valence-electron chi connectivity index (χ3n) is 2.01. The van der Waals surface area contributed by atoms with E-state index in [4.69, 9.17) is 5.73 Å². The highest BCUT2D eigenvalue weighted by molar-refractivity contribution is 5.98. The molecule has 0 fully saturated rings. The van der Waals surface area contributed by atoms with Crippen LogP contribution in [0, 0.1) is 11.8 Å². The summed E-state index contributed by atoms with van der Waals surface area (Å²) in [6, 6.07) is 1.52. The molecule has 1 amide bonds. The fraction of sp³-hybridized carbons (Fsp3) is 0.250. The average Bonchev–Trinajstić information content (AvgIpc) is 2.42. The maximum Gasteiger partial charge on any atom is 0.325 e. The number of nitrogens with two attached hydrogens (primary N) is 1. The lowest BCUT2D eigenvalue weighted by molar-refractivity contribution is -0.139. The fourth-order valence-electron chi connectivity index (χ4n) is 1.16. The molecule has 1 aromatic rings. The van der Waals surface area contributed by atoms with Crippen LogP contribution in [-0.4, -0.2) is 37.1 Å². The van der Waals surface area contributed by atoms with Gasteiger partial charge in [-0.15, -0.1) is 0 Å². The molecular weight excluding hydrogens is 234 g/mol. The molecule has 0 atom stereocenters. The van der Waals surface area contributed by atoms with Crippen LogP contribution < -0.4 is 11.1 Å². The van der Waals surface area contributed by atoms with Gasteiger partial charge in [-0.3, -0.25) is 14.6 Å². The minimum Gasteiger partial charge on any atom is -0.468 e. The van der Waals surface area contributed by atoms with Crippen LogP contribution in [0.4, 0.5) is 0 Å². The highest BCUT2D eigenvalue weighted by Gasteiger charge is 2.11. The van der Waals surface area contributed by atoms with Gasteiger partial charge in [-0.25, -0.2) is 0 Å². The van der Waals surface area contributed by atoms with Gasteiger partial charge < -0.3 is 15.8 Å². The Morgan fingerprint density at radius 1 is 1.56 bits per heavy atom. The molecule has 94 valence electrons. The van der Waals surface area contributed by atoms with Gasteiger partial charge in [0.05, 0.1) is 24.8 Å². The number of hydrogen-bond donors (Lipinski definition) is 2. The second-order valence-corrected chi connectivity index (χ2v) is 3.19. The summed E-state index contributed by atoms with van der Waals surface area (Å²) < 4.78 is 4.42. The molecule has 0 aliphatic heterocycles. The maximum absolute atomic E-state index is 11.8. The first-order valence-electron chi connectivity index (χ1n) is 5.17. The van der Waals surface area contributed by atoms with Crippen LogP contribution in [0.3, 0.4) is 0 Å². The molecule has 1 aromatic heterocycles. The number of amides is 1. The first-order chi connectivity index (χ1) is 8.69. The molecule has 0 radical (unpaired) electrons. The Morgan fingerprint density at radius 2 is 2.33 bits per heavy atom. The minimum absolute atomic E-state index is 0.193. The minimum atomic E-state index is -0.521. The van der Waals surface area contributed by atoms with Gasteiger partial charge in [0.15, 0.2) is 0 Å². The second kappa shape index (κ2) is 7.04. The Kier molecular flexibility index (Phi) is 5.35. The molecule has 0 bridgehead atoms. The number of carbonyl (C=O) groups is 2. The summed E-state index contributed by atoms with van der Waals surface area (Å²) in [7, 11) is 1.25. The Bertz CT molecular complexity index is 503. The lowest BCUT2D eigenvalue weighted by Crippen LogP contribution is -2.30. The standard InChI is InChI=1S/C12H13N3O3/c1-18-11(16)8-15-12(17)10-4-6-14-7-9(10)3-2-5-13/h4,6-7H,5,8,13H2,1H3,(H,15,17). The number of carbonyl (C=O) groups excluding carboxylic acids is 2. The zero-order valence-corrected chi connectivity index (χ0v) is 9.90. The van der Waals surface area contributed by atoms with Crippen molar-refractivity contribution in [2.45, 2.75) is 0 Å². The quantitative estimate of drug-likeness (QED) is 0.544. The Hall–Kier alpha value is -2.39. The molecule has 6 nitrogen and oxygen atoms in total. The van der Waals surface area contributed by atoms with Gasteiger partial charge in [-0.2, -0.15) is 0 Å². The highest BCUT2D eigenvalue weighted by atomic mass is 16.5. The van der Waals surface area contributed by atoms with Crippen molar-refractivity contribution in [3.63, 3.8) is 0 Å². The van der Waals surface area contributed by atoms with Crippen molar-refractivity contribution in [1.29, 1.82) is 0 Å². The molecule has 3 N–H and O–H groups in total. The molecule has 0 aromatic carbocycles. The number of ether oxygens (including phenoxy) is 1. The van der Waals surface area contributed by atoms with E-state index < -0.39 is 11.9 Å². The van der Waals surface area contributed by atoms with E-state index in [1.54, 1.807) is 0 Å². The zero-order chi connectivity index (χ0) is 13.4. The van der Waals surface area contributed by atoms with Gasteiger partial charge in [0.25, 0.3) is 5.91 Å². The molecule has 0 unspecified atom stereocenters. The van der Waals surface area contributed by atoms with Crippen LogP contribution in [-0.2, 0) is 9.53 Å². The van der Waals surface area contributed by atoms with E-state index >= 15 is 0 Å². The summed E-state index contributed by atoms with van der Waals surface area (Å²) in [6.45, 7) is -0.000469. The fourth-order valence-corrected chi connectivity index (χ4v) is 1.16. The molecule has 0 spiro atoms. The lowest BCUT2D eigenvalue weighted by Gasteiger charge is -2.05. The third-order valence-corrected chi connectivity index (χ3v) is 2.01. The predicted octanol–water partition coefficient (Wildman–Crippen LogP) is -0.705. The van der Waals surface area contributed by atoms with Gasteiger partial charge in [0.2, 0.25) is 0 Å². The lowest BCUT2D eigenvalue weighted by atomic mass is 10.1. The largest absolute Gasteiger partial charge is 0.468 e. The first-order valence-corrected chi connectivity index (χ1v) is 5.17. The summed E-state index contributed by atoms with van der Waals surface area (Å²) in [5.41, 5.74) is 6.07. The number of nitrogens with one attached hydrogen (secondary N) is 1. The molecule has 1 heterocycles. The summed E-state index contributed by atoms with van der Waals surface area (Å²) in [6.07, 6.45) is 2.94. The van der Waals surface area contributed by atoms with Gasteiger partial charge in [0.1, 0.15) is 6.54 Å². The number of methoxy groups -OCH3 is 1.